The minimum Gasteiger partial charge on any atom is -0.331 e. The summed E-state index contributed by atoms with van der Waals surface area (Å²) in [4.78, 5) is 14.3. The molecule has 0 aromatic carbocycles. The maximum atomic E-state index is 12.4. The van der Waals surface area contributed by atoms with Gasteiger partial charge in [-0.15, -0.1) is 0 Å². The van der Waals surface area contributed by atoms with E-state index in [9.17, 15) is 4.79 Å². The van der Waals surface area contributed by atoms with Gasteiger partial charge in [0.1, 0.15) is 0 Å². The number of hydrogen-bond acceptors (Lipinski definition) is 2. The maximum absolute atomic E-state index is 12.4. The number of carbonyl (C=O) groups is 1. The first-order valence-electron chi connectivity index (χ1n) is 7.71. The quantitative estimate of drug-likeness (QED) is 0.901. The summed E-state index contributed by atoms with van der Waals surface area (Å²) in [5.41, 5.74) is 2.35. The van der Waals surface area contributed by atoms with E-state index in [1.54, 1.807) is 0 Å². The Bertz CT molecular complexity index is 490. The molecule has 1 aromatic heterocycles. The Labute approximate surface area is 120 Å². The normalized spacial score (nSPS) is 22.6. The molecule has 3 rings (SSSR count). The van der Waals surface area contributed by atoms with E-state index in [0.717, 1.165) is 37.8 Å². The summed E-state index contributed by atoms with van der Waals surface area (Å²) >= 11 is 0. The Morgan fingerprint density at radius 1 is 1.35 bits per heavy atom. The molecule has 0 bridgehead atoms. The Morgan fingerprint density at radius 2 is 2.10 bits per heavy atom. The van der Waals surface area contributed by atoms with Crippen LogP contribution in [0, 0.1) is 0 Å². The highest BCUT2D eigenvalue weighted by Crippen LogP contribution is 2.29. The van der Waals surface area contributed by atoms with Crippen LogP contribution in [0.25, 0.3) is 0 Å². The van der Waals surface area contributed by atoms with Crippen molar-refractivity contribution < 1.29 is 4.79 Å². The molecule has 1 unspecified atom stereocenters. The van der Waals surface area contributed by atoms with Gasteiger partial charge in [0.25, 0.3) is 0 Å². The first-order valence-corrected chi connectivity index (χ1v) is 7.71. The van der Waals surface area contributed by atoms with Crippen LogP contribution in [-0.4, -0.2) is 33.8 Å². The van der Waals surface area contributed by atoms with E-state index in [0.29, 0.717) is 6.04 Å². The van der Waals surface area contributed by atoms with Crippen LogP contribution in [0.2, 0.25) is 0 Å². The van der Waals surface area contributed by atoms with Crippen molar-refractivity contribution in [2.45, 2.75) is 57.0 Å². The van der Waals surface area contributed by atoms with Gasteiger partial charge in [0.15, 0.2) is 0 Å². The lowest BCUT2D eigenvalue weighted by Crippen LogP contribution is -2.44. The van der Waals surface area contributed by atoms with Gasteiger partial charge in [0, 0.05) is 31.9 Å². The van der Waals surface area contributed by atoms with Crippen LogP contribution in [-0.2, 0) is 13.5 Å². The third kappa shape index (κ3) is 2.53. The minimum absolute atomic E-state index is 0.0682. The monoisotopic (exact) mass is 276 g/mol. The summed E-state index contributed by atoms with van der Waals surface area (Å²) < 4.78 is 1.86. The third-order valence-electron chi connectivity index (χ3n) is 4.71. The Balaban J connectivity index is 1.67. The van der Waals surface area contributed by atoms with E-state index in [2.05, 4.69) is 16.6 Å². The van der Waals surface area contributed by atoms with Crippen molar-refractivity contribution in [3.63, 3.8) is 0 Å². The summed E-state index contributed by atoms with van der Waals surface area (Å²) in [6, 6.07) is 0.620. The summed E-state index contributed by atoms with van der Waals surface area (Å²) in [6.07, 6.45) is 9.98. The second kappa shape index (κ2) is 5.46. The van der Waals surface area contributed by atoms with Gasteiger partial charge in [-0.2, -0.15) is 5.10 Å². The van der Waals surface area contributed by atoms with Crippen molar-refractivity contribution in [2.24, 2.45) is 7.05 Å². The molecule has 1 saturated carbocycles. The molecule has 0 aliphatic heterocycles. The van der Waals surface area contributed by atoms with Crippen LogP contribution >= 0.6 is 0 Å². The van der Waals surface area contributed by atoms with E-state index in [1.165, 1.54) is 18.4 Å². The fraction of sp³-hybridized carbons (Fsp3) is 0.733. The number of aryl methyl sites for hydroxylation is 2. The maximum Gasteiger partial charge on any atom is 0.317 e. The average molecular weight is 276 g/mol. The molecule has 5 heteroatoms. The molecule has 2 aliphatic carbocycles. The molecule has 2 aliphatic rings. The van der Waals surface area contributed by atoms with Crippen LogP contribution in [0.3, 0.4) is 0 Å². The molecule has 20 heavy (non-hydrogen) atoms. The fourth-order valence-corrected chi connectivity index (χ4v) is 3.53. The van der Waals surface area contributed by atoms with Gasteiger partial charge in [-0.3, -0.25) is 4.68 Å². The molecule has 110 valence electrons. The molecule has 1 heterocycles. The zero-order valence-corrected chi connectivity index (χ0v) is 12.4. The van der Waals surface area contributed by atoms with E-state index >= 15 is 0 Å². The standard InChI is InChI=1S/C15H24N4O/c1-18-10-12-13(8-5-9-14(12)17-18)16-15(20)19(2)11-6-3-4-7-11/h10-11,13H,3-9H2,1-2H3,(H,16,20). The summed E-state index contributed by atoms with van der Waals surface area (Å²) in [5, 5.41) is 7.68. The van der Waals surface area contributed by atoms with Crippen molar-refractivity contribution in [3.05, 3.63) is 17.5 Å². The van der Waals surface area contributed by atoms with Crippen molar-refractivity contribution in [1.29, 1.82) is 0 Å². The molecule has 0 saturated heterocycles. The number of nitrogens with one attached hydrogen (secondary N) is 1. The highest BCUT2D eigenvalue weighted by Gasteiger charge is 2.28. The van der Waals surface area contributed by atoms with Gasteiger partial charge in [-0.05, 0) is 32.1 Å². The van der Waals surface area contributed by atoms with E-state index < -0.39 is 0 Å². The first kappa shape index (κ1) is 13.5. The fourth-order valence-electron chi connectivity index (χ4n) is 3.53. The van der Waals surface area contributed by atoms with Crippen LogP contribution in [0.1, 0.15) is 55.8 Å². The third-order valence-corrected chi connectivity index (χ3v) is 4.71. The van der Waals surface area contributed by atoms with Gasteiger partial charge in [0.2, 0.25) is 0 Å². The molecule has 1 atom stereocenters. The second-order valence-corrected chi connectivity index (χ2v) is 6.15. The van der Waals surface area contributed by atoms with Gasteiger partial charge in [0.05, 0.1) is 11.7 Å². The molecule has 1 N–H and O–H groups in total. The average Bonchev–Trinajstić information content (AvgIpc) is 3.06. The predicted molar refractivity (Wildman–Crippen MR) is 77.4 cm³/mol. The van der Waals surface area contributed by atoms with Crippen molar-refractivity contribution in [2.75, 3.05) is 7.05 Å². The van der Waals surface area contributed by atoms with Crippen molar-refractivity contribution in [3.8, 4) is 0 Å². The smallest absolute Gasteiger partial charge is 0.317 e. The van der Waals surface area contributed by atoms with E-state index in [-0.39, 0.29) is 12.1 Å². The lowest BCUT2D eigenvalue weighted by atomic mass is 9.93. The van der Waals surface area contributed by atoms with Crippen molar-refractivity contribution >= 4 is 6.03 Å². The number of carbonyl (C=O) groups excluding carboxylic acids is 1. The number of urea groups is 1. The van der Waals surface area contributed by atoms with Crippen LogP contribution in [0.4, 0.5) is 4.79 Å². The highest BCUT2D eigenvalue weighted by molar-refractivity contribution is 5.75. The lowest BCUT2D eigenvalue weighted by molar-refractivity contribution is 0.185. The second-order valence-electron chi connectivity index (χ2n) is 6.15. The number of rotatable bonds is 2. The van der Waals surface area contributed by atoms with E-state index in [1.807, 2.05) is 23.7 Å². The number of aromatic nitrogens is 2. The van der Waals surface area contributed by atoms with Crippen LogP contribution < -0.4 is 5.32 Å². The largest absolute Gasteiger partial charge is 0.331 e. The summed E-state index contributed by atoms with van der Waals surface area (Å²) in [6.45, 7) is 0. The molecule has 1 fully saturated rings. The van der Waals surface area contributed by atoms with Crippen LogP contribution in [0.15, 0.2) is 6.20 Å². The molecule has 0 radical (unpaired) electrons. The number of fused-ring (bicyclic) bond motifs is 1. The Kier molecular flexibility index (Phi) is 3.68. The number of nitrogens with zero attached hydrogens (tertiary/aromatic N) is 3. The van der Waals surface area contributed by atoms with E-state index in [4.69, 9.17) is 0 Å². The molecular formula is C15H24N4O. The van der Waals surface area contributed by atoms with Gasteiger partial charge >= 0.3 is 6.03 Å². The van der Waals surface area contributed by atoms with Crippen molar-refractivity contribution in [1.82, 2.24) is 20.0 Å². The first-order chi connectivity index (χ1) is 9.65. The van der Waals surface area contributed by atoms with Gasteiger partial charge in [-0.25, -0.2) is 4.79 Å². The summed E-state index contributed by atoms with van der Waals surface area (Å²) in [5.74, 6) is 0. The molecule has 2 amide bonds. The molecular weight excluding hydrogens is 252 g/mol. The van der Waals surface area contributed by atoms with Gasteiger partial charge < -0.3 is 10.2 Å². The zero-order valence-electron chi connectivity index (χ0n) is 12.4. The van der Waals surface area contributed by atoms with Gasteiger partial charge in [-0.1, -0.05) is 12.8 Å². The zero-order chi connectivity index (χ0) is 14.1. The Hall–Kier alpha value is -1.52. The molecule has 5 nitrogen and oxygen atoms in total. The lowest BCUT2D eigenvalue weighted by Gasteiger charge is -2.29. The number of amides is 2. The number of hydrogen-bond donors (Lipinski definition) is 1. The minimum atomic E-state index is 0.0682. The molecule has 1 aromatic rings. The molecule has 0 spiro atoms. The topological polar surface area (TPSA) is 50.2 Å². The van der Waals surface area contributed by atoms with Crippen LogP contribution in [0.5, 0.6) is 0 Å². The Morgan fingerprint density at radius 3 is 2.85 bits per heavy atom. The highest BCUT2D eigenvalue weighted by atomic mass is 16.2. The summed E-state index contributed by atoms with van der Waals surface area (Å²) in [7, 11) is 3.88. The SMILES string of the molecule is CN(C(=O)NC1CCCc2nn(C)cc21)C1CCCC1. The predicted octanol–water partition coefficient (Wildman–Crippen LogP) is 2.38.